The van der Waals surface area contributed by atoms with Crippen molar-refractivity contribution in [2.45, 2.75) is 32.7 Å². The first-order valence-electron chi connectivity index (χ1n) is 8.84. The largest absolute Gasteiger partial charge is 0.477 e. The molecule has 2 aromatic heterocycles. The minimum atomic E-state index is 0. The summed E-state index contributed by atoms with van der Waals surface area (Å²) in [6.45, 7) is 4.16. The summed E-state index contributed by atoms with van der Waals surface area (Å²) in [5, 5.41) is 7.09. The van der Waals surface area contributed by atoms with Gasteiger partial charge in [-0.05, 0) is 30.5 Å². The van der Waals surface area contributed by atoms with E-state index >= 15 is 0 Å². The fraction of sp³-hybridized carbons (Fsp3) is 0.421. The molecular weight excluding hydrogens is 477 g/mol. The van der Waals surface area contributed by atoms with Crippen LogP contribution in [0.15, 0.2) is 41.7 Å². The Morgan fingerprint density at radius 3 is 2.78 bits per heavy atom. The lowest BCUT2D eigenvalue weighted by molar-refractivity contribution is 0.294. The van der Waals surface area contributed by atoms with Crippen LogP contribution >= 0.6 is 35.6 Å². The van der Waals surface area contributed by atoms with Crippen LogP contribution in [0.25, 0.3) is 0 Å². The SMILES string of the molecule is CCCCOc1ncccc1CNC(=NC)NCCc1ccc(Cl)nc1.I. The number of nitrogens with one attached hydrogen (secondary N) is 2. The second-order valence-electron chi connectivity index (χ2n) is 5.76. The summed E-state index contributed by atoms with van der Waals surface area (Å²) in [7, 11) is 1.75. The van der Waals surface area contributed by atoms with Crippen molar-refractivity contribution in [3.8, 4) is 5.88 Å². The monoisotopic (exact) mass is 503 g/mol. The minimum absolute atomic E-state index is 0. The van der Waals surface area contributed by atoms with Crippen LogP contribution in [-0.2, 0) is 13.0 Å². The van der Waals surface area contributed by atoms with Gasteiger partial charge >= 0.3 is 0 Å². The van der Waals surface area contributed by atoms with Gasteiger partial charge in [-0.3, -0.25) is 4.99 Å². The van der Waals surface area contributed by atoms with Crippen LogP contribution in [-0.4, -0.2) is 36.1 Å². The molecule has 2 heterocycles. The van der Waals surface area contributed by atoms with E-state index in [4.69, 9.17) is 16.3 Å². The molecule has 0 unspecified atom stereocenters. The van der Waals surface area contributed by atoms with Crippen LogP contribution in [0.1, 0.15) is 30.9 Å². The third-order valence-corrected chi connectivity index (χ3v) is 3.97. The number of ether oxygens (including phenoxy) is 1. The van der Waals surface area contributed by atoms with E-state index in [2.05, 4.69) is 32.5 Å². The number of nitrogens with zero attached hydrogens (tertiary/aromatic N) is 3. The summed E-state index contributed by atoms with van der Waals surface area (Å²) in [6.07, 6.45) is 6.49. The lowest BCUT2D eigenvalue weighted by atomic mass is 10.2. The van der Waals surface area contributed by atoms with Crippen LogP contribution in [0.4, 0.5) is 0 Å². The first-order valence-corrected chi connectivity index (χ1v) is 9.22. The van der Waals surface area contributed by atoms with Crippen molar-refractivity contribution in [3.63, 3.8) is 0 Å². The van der Waals surface area contributed by atoms with Crippen molar-refractivity contribution in [2.24, 2.45) is 4.99 Å². The second-order valence-corrected chi connectivity index (χ2v) is 6.15. The zero-order valence-corrected chi connectivity index (χ0v) is 18.8. The number of aromatic nitrogens is 2. The highest BCUT2D eigenvalue weighted by Gasteiger charge is 2.06. The molecule has 2 aromatic rings. The van der Waals surface area contributed by atoms with Crippen LogP contribution in [0.3, 0.4) is 0 Å². The van der Waals surface area contributed by atoms with E-state index < -0.39 is 0 Å². The van der Waals surface area contributed by atoms with E-state index in [0.29, 0.717) is 24.2 Å². The number of halogens is 2. The molecule has 8 heteroatoms. The molecule has 0 saturated heterocycles. The lowest BCUT2D eigenvalue weighted by Crippen LogP contribution is -2.38. The van der Waals surface area contributed by atoms with E-state index in [9.17, 15) is 0 Å². The molecule has 27 heavy (non-hydrogen) atoms. The number of guanidine groups is 1. The Balaban J connectivity index is 0.00000364. The Morgan fingerprint density at radius 1 is 1.22 bits per heavy atom. The summed E-state index contributed by atoms with van der Waals surface area (Å²) in [5.74, 6) is 1.41. The Morgan fingerprint density at radius 2 is 2.07 bits per heavy atom. The molecule has 0 aliphatic carbocycles. The lowest BCUT2D eigenvalue weighted by Gasteiger charge is -2.14. The number of aliphatic imine (C=N–C) groups is 1. The average Bonchev–Trinajstić information content (AvgIpc) is 2.67. The Bertz CT molecular complexity index is 697. The molecule has 0 amide bonds. The van der Waals surface area contributed by atoms with Gasteiger partial charge in [0.2, 0.25) is 5.88 Å². The van der Waals surface area contributed by atoms with Gasteiger partial charge in [0.1, 0.15) is 5.15 Å². The second kappa shape index (κ2) is 13.5. The van der Waals surface area contributed by atoms with E-state index in [1.807, 2.05) is 18.2 Å². The number of hydrogen-bond acceptors (Lipinski definition) is 4. The predicted molar refractivity (Wildman–Crippen MR) is 121 cm³/mol. The fourth-order valence-electron chi connectivity index (χ4n) is 2.28. The smallest absolute Gasteiger partial charge is 0.218 e. The summed E-state index contributed by atoms with van der Waals surface area (Å²) in [4.78, 5) is 12.7. The molecular formula is C19H27ClIN5O. The van der Waals surface area contributed by atoms with Gasteiger partial charge in [-0.25, -0.2) is 9.97 Å². The fourth-order valence-corrected chi connectivity index (χ4v) is 2.39. The van der Waals surface area contributed by atoms with Crippen molar-refractivity contribution < 1.29 is 4.74 Å². The quantitative estimate of drug-likeness (QED) is 0.179. The van der Waals surface area contributed by atoms with Crippen LogP contribution in [0.5, 0.6) is 5.88 Å². The molecule has 0 radical (unpaired) electrons. The number of unbranched alkanes of at least 4 members (excludes halogenated alkanes) is 1. The zero-order valence-electron chi connectivity index (χ0n) is 15.7. The maximum absolute atomic E-state index is 5.80. The van der Waals surface area contributed by atoms with Crippen LogP contribution in [0, 0.1) is 0 Å². The third-order valence-electron chi connectivity index (χ3n) is 3.75. The van der Waals surface area contributed by atoms with E-state index in [0.717, 1.165) is 42.9 Å². The molecule has 6 nitrogen and oxygen atoms in total. The van der Waals surface area contributed by atoms with E-state index in [1.54, 1.807) is 25.5 Å². The van der Waals surface area contributed by atoms with Gasteiger partial charge in [0.15, 0.2) is 5.96 Å². The minimum Gasteiger partial charge on any atom is -0.477 e. The van der Waals surface area contributed by atoms with Crippen molar-refractivity contribution in [2.75, 3.05) is 20.2 Å². The molecule has 0 fully saturated rings. The third kappa shape index (κ3) is 8.75. The van der Waals surface area contributed by atoms with Gasteiger partial charge in [-0.2, -0.15) is 0 Å². The van der Waals surface area contributed by atoms with Gasteiger partial charge in [0.25, 0.3) is 0 Å². The maximum atomic E-state index is 5.80. The Kier molecular flexibility index (Phi) is 11.8. The van der Waals surface area contributed by atoms with Gasteiger partial charge in [-0.15, -0.1) is 24.0 Å². The number of rotatable bonds is 9. The summed E-state index contributed by atoms with van der Waals surface area (Å²) in [5.41, 5.74) is 2.13. The van der Waals surface area contributed by atoms with Gasteiger partial charge < -0.3 is 15.4 Å². The Hall–Kier alpha value is -1.61. The predicted octanol–water partition coefficient (Wildman–Crippen LogP) is 3.83. The number of hydrogen-bond donors (Lipinski definition) is 2. The molecule has 0 saturated carbocycles. The Labute approximate surface area is 183 Å². The molecule has 0 spiro atoms. The summed E-state index contributed by atoms with van der Waals surface area (Å²) in [6, 6.07) is 7.69. The molecule has 0 bridgehead atoms. The maximum Gasteiger partial charge on any atom is 0.218 e. The van der Waals surface area contributed by atoms with Crippen molar-refractivity contribution >= 4 is 41.5 Å². The van der Waals surface area contributed by atoms with Crippen LogP contribution < -0.4 is 15.4 Å². The molecule has 0 aromatic carbocycles. The summed E-state index contributed by atoms with van der Waals surface area (Å²) < 4.78 is 5.76. The molecule has 0 aliphatic heterocycles. The molecule has 0 aliphatic rings. The van der Waals surface area contributed by atoms with Crippen molar-refractivity contribution in [1.82, 2.24) is 20.6 Å². The van der Waals surface area contributed by atoms with E-state index in [1.165, 1.54) is 0 Å². The van der Waals surface area contributed by atoms with Crippen LogP contribution in [0.2, 0.25) is 5.15 Å². The highest BCUT2D eigenvalue weighted by molar-refractivity contribution is 14.0. The average molecular weight is 504 g/mol. The van der Waals surface area contributed by atoms with Gasteiger partial charge in [0.05, 0.1) is 6.61 Å². The highest BCUT2D eigenvalue weighted by atomic mass is 127. The highest BCUT2D eigenvalue weighted by Crippen LogP contribution is 2.14. The van der Waals surface area contributed by atoms with Gasteiger partial charge in [0, 0.05) is 38.1 Å². The topological polar surface area (TPSA) is 71.4 Å². The molecule has 2 N–H and O–H groups in total. The summed E-state index contributed by atoms with van der Waals surface area (Å²) >= 11 is 5.80. The first kappa shape index (κ1) is 23.4. The molecule has 148 valence electrons. The standard InChI is InChI=1S/C19H26ClN5O.HI/c1-3-4-12-26-18-16(6-5-10-22-18)14-25-19(21-2)23-11-9-15-7-8-17(20)24-13-15;/h5-8,10,13H,3-4,9,11-12,14H2,1-2H3,(H2,21,23,25);1H. The molecule has 2 rings (SSSR count). The first-order chi connectivity index (χ1) is 12.7. The van der Waals surface area contributed by atoms with Crippen molar-refractivity contribution in [1.29, 1.82) is 0 Å². The normalized spacial score (nSPS) is 10.9. The van der Waals surface area contributed by atoms with Crippen molar-refractivity contribution in [3.05, 3.63) is 52.9 Å². The zero-order chi connectivity index (χ0) is 18.6. The molecule has 0 atom stereocenters. The number of pyridine rings is 2. The van der Waals surface area contributed by atoms with E-state index in [-0.39, 0.29) is 24.0 Å². The van der Waals surface area contributed by atoms with Gasteiger partial charge in [-0.1, -0.05) is 37.1 Å².